The van der Waals surface area contributed by atoms with Crippen molar-refractivity contribution in [1.29, 1.82) is 0 Å². The molecule has 1 amide bonds. The third kappa shape index (κ3) is 5.72. The summed E-state index contributed by atoms with van der Waals surface area (Å²) in [5.74, 6) is 1.48. The maximum atomic E-state index is 13.0. The zero-order chi connectivity index (χ0) is 24.1. The van der Waals surface area contributed by atoms with E-state index >= 15 is 0 Å². The van der Waals surface area contributed by atoms with Gasteiger partial charge >= 0.3 is 0 Å². The van der Waals surface area contributed by atoms with Crippen LogP contribution in [0, 0.1) is 6.92 Å². The lowest BCUT2D eigenvalue weighted by atomic mass is 10.1. The number of carbonyl (C=O) groups excluding carboxylic acids is 1. The summed E-state index contributed by atoms with van der Waals surface area (Å²) in [5, 5.41) is 0.668. The molecule has 1 aliphatic heterocycles. The van der Waals surface area contributed by atoms with E-state index in [1.165, 1.54) is 17.3 Å². The lowest BCUT2D eigenvalue weighted by molar-refractivity contribution is -0.122. The zero-order valence-corrected chi connectivity index (χ0v) is 21.7. The first kappa shape index (κ1) is 24.1. The Balaban J connectivity index is 1.49. The third-order valence-electron chi connectivity index (χ3n) is 5.27. The Kier molecular flexibility index (Phi) is 7.75. The second-order valence-corrected chi connectivity index (χ2v) is 9.58. The molecule has 3 aromatic carbocycles. The first-order valence-electron chi connectivity index (χ1n) is 10.9. The van der Waals surface area contributed by atoms with Gasteiger partial charge in [0.25, 0.3) is 5.91 Å². The van der Waals surface area contributed by atoms with Crippen molar-refractivity contribution < 1.29 is 14.3 Å². The van der Waals surface area contributed by atoms with Crippen LogP contribution in [-0.2, 0) is 11.4 Å². The quantitative estimate of drug-likeness (QED) is 0.306. The third-order valence-corrected chi connectivity index (χ3v) is 6.90. The molecule has 1 fully saturated rings. The number of amidine groups is 1. The predicted octanol–water partition coefficient (Wildman–Crippen LogP) is 6.97. The lowest BCUT2D eigenvalue weighted by Crippen LogP contribution is -2.28. The molecule has 0 N–H and O–H groups in total. The van der Waals surface area contributed by atoms with Crippen LogP contribution in [0.3, 0.4) is 0 Å². The number of hydrogen-bond acceptors (Lipinski definition) is 5. The fourth-order valence-electron chi connectivity index (χ4n) is 3.36. The van der Waals surface area contributed by atoms with Gasteiger partial charge in [-0.15, -0.1) is 0 Å². The van der Waals surface area contributed by atoms with Crippen LogP contribution in [0.25, 0.3) is 6.08 Å². The fourth-order valence-corrected chi connectivity index (χ4v) is 4.93. The highest BCUT2D eigenvalue weighted by atomic mass is 79.9. The molecule has 174 valence electrons. The summed E-state index contributed by atoms with van der Waals surface area (Å²) < 4.78 is 12.0. The van der Waals surface area contributed by atoms with Crippen LogP contribution in [0.5, 0.6) is 11.5 Å². The van der Waals surface area contributed by atoms with Crippen LogP contribution < -0.4 is 9.47 Å². The van der Waals surface area contributed by atoms with Gasteiger partial charge < -0.3 is 9.47 Å². The predicted molar refractivity (Wildman–Crippen MR) is 143 cm³/mol. The van der Waals surface area contributed by atoms with Gasteiger partial charge in [-0.25, -0.2) is 4.99 Å². The van der Waals surface area contributed by atoms with Gasteiger partial charge in [0.15, 0.2) is 5.17 Å². The molecule has 1 heterocycles. The number of thioether (sulfide) groups is 1. The highest BCUT2D eigenvalue weighted by molar-refractivity contribution is 9.10. The molecule has 1 aliphatic rings. The number of hydrogen-bond donors (Lipinski definition) is 0. The number of methoxy groups -OCH3 is 1. The largest absolute Gasteiger partial charge is 0.497 e. The number of carbonyl (C=O) groups is 1. The van der Waals surface area contributed by atoms with Crippen molar-refractivity contribution in [3.63, 3.8) is 0 Å². The number of amides is 1. The molecule has 3 aromatic rings. The zero-order valence-electron chi connectivity index (χ0n) is 19.2. The molecule has 0 aliphatic carbocycles. The fraction of sp³-hybridized carbons (Fsp3) is 0.185. The Morgan fingerprint density at radius 3 is 2.44 bits per heavy atom. The van der Waals surface area contributed by atoms with Crippen LogP contribution in [0.1, 0.15) is 23.6 Å². The Labute approximate surface area is 212 Å². The van der Waals surface area contributed by atoms with E-state index in [-0.39, 0.29) is 5.91 Å². The van der Waals surface area contributed by atoms with E-state index in [4.69, 9.17) is 9.47 Å². The highest BCUT2D eigenvalue weighted by Gasteiger charge is 2.32. The molecule has 0 atom stereocenters. The van der Waals surface area contributed by atoms with E-state index in [0.29, 0.717) is 23.2 Å². The second-order valence-electron chi connectivity index (χ2n) is 7.72. The number of aryl methyl sites for hydroxylation is 1. The van der Waals surface area contributed by atoms with Crippen molar-refractivity contribution in [2.75, 3.05) is 13.7 Å². The van der Waals surface area contributed by atoms with Gasteiger partial charge in [-0.05, 0) is 95.1 Å². The maximum Gasteiger partial charge on any atom is 0.266 e. The SMILES string of the molecule is CCN1C(=O)/C(=C\c2ccc(OCc3ccc(C)cc3)c(Br)c2)SC1=Nc1ccc(OC)cc1. The van der Waals surface area contributed by atoms with E-state index in [1.54, 1.807) is 12.0 Å². The van der Waals surface area contributed by atoms with Gasteiger partial charge in [0, 0.05) is 6.54 Å². The van der Waals surface area contributed by atoms with Crippen molar-refractivity contribution in [2.45, 2.75) is 20.5 Å². The number of ether oxygens (including phenoxy) is 2. The Bertz CT molecular complexity index is 1240. The minimum Gasteiger partial charge on any atom is -0.497 e. The standard InChI is InChI=1S/C27H25BrN2O3S/c1-4-30-26(31)25(34-27(30)29-21-10-12-22(32-3)13-11-21)16-20-9-14-24(23(28)15-20)33-17-19-7-5-18(2)6-8-19/h5-16H,4,17H2,1-3H3/b25-16+,29-27?. The van der Waals surface area contributed by atoms with Gasteiger partial charge in [0.1, 0.15) is 18.1 Å². The number of likely N-dealkylation sites (N-methyl/N-ethyl adjacent to an activating group) is 1. The molecule has 0 radical (unpaired) electrons. The molecule has 0 unspecified atom stereocenters. The number of nitrogens with zero attached hydrogens (tertiary/aromatic N) is 2. The molecule has 7 heteroatoms. The maximum absolute atomic E-state index is 13.0. The van der Waals surface area contributed by atoms with Crippen LogP contribution in [0.4, 0.5) is 5.69 Å². The van der Waals surface area contributed by atoms with Crippen LogP contribution in [-0.4, -0.2) is 29.6 Å². The summed E-state index contributed by atoms with van der Waals surface area (Å²) in [6, 6.07) is 21.6. The molecule has 0 spiro atoms. The van der Waals surface area contributed by atoms with Gasteiger partial charge in [-0.1, -0.05) is 35.9 Å². The van der Waals surface area contributed by atoms with Crippen molar-refractivity contribution in [3.05, 3.63) is 92.8 Å². The molecule has 0 bridgehead atoms. The Morgan fingerprint density at radius 1 is 1.06 bits per heavy atom. The van der Waals surface area contributed by atoms with E-state index < -0.39 is 0 Å². The van der Waals surface area contributed by atoms with Gasteiger partial charge in [0.2, 0.25) is 0 Å². The summed E-state index contributed by atoms with van der Waals surface area (Å²) in [6.07, 6.45) is 1.89. The van der Waals surface area contributed by atoms with Crippen molar-refractivity contribution >= 4 is 50.5 Å². The molecular weight excluding hydrogens is 512 g/mol. The van der Waals surface area contributed by atoms with E-state index in [0.717, 1.165) is 32.8 Å². The van der Waals surface area contributed by atoms with E-state index in [1.807, 2.05) is 55.5 Å². The van der Waals surface area contributed by atoms with Gasteiger partial charge in [-0.3, -0.25) is 9.69 Å². The molecule has 1 saturated heterocycles. The summed E-state index contributed by atoms with van der Waals surface area (Å²) in [7, 11) is 1.63. The van der Waals surface area contributed by atoms with Crippen LogP contribution in [0.15, 0.2) is 81.1 Å². The Hall–Kier alpha value is -3.03. The first-order chi connectivity index (χ1) is 16.5. The monoisotopic (exact) mass is 536 g/mol. The number of rotatable bonds is 7. The Morgan fingerprint density at radius 2 is 1.79 bits per heavy atom. The minimum absolute atomic E-state index is 0.0458. The van der Waals surface area contributed by atoms with Crippen molar-refractivity contribution in [3.8, 4) is 11.5 Å². The summed E-state index contributed by atoms with van der Waals surface area (Å²) >= 11 is 4.98. The van der Waals surface area contributed by atoms with Crippen molar-refractivity contribution in [1.82, 2.24) is 4.90 Å². The summed E-state index contributed by atoms with van der Waals surface area (Å²) in [5.41, 5.74) is 4.02. The number of benzene rings is 3. The normalized spacial score (nSPS) is 15.9. The first-order valence-corrected chi connectivity index (χ1v) is 12.5. The smallest absolute Gasteiger partial charge is 0.266 e. The average molecular weight is 537 g/mol. The molecule has 5 nitrogen and oxygen atoms in total. The molecule has 4 rings (SSSR count). The number of aliphatic imine (C=N–C) groups is 1. The summed E-state index contributed by atoms with van der Waals surface area (Å²) in [4.78, 5) is 20.0. The average Bonchev–Trinajstić information content (AvgIpc) is 3.13. The van der Waals surface area contributed by atoms with Gasteiger partial charge in [-0.2, -0.15) is 0 Å². The molecular formula is C27H25BrN2O3S. The molecule has 0 saturated carbocycles. The van der Waals surface area contributed by atoms with Crippen molar-refractivity contribution in [2.24, 2.45) is 4.99 Å². The van der Waals surface area contributed by atoms with Crippen LogP contribution in [0.2, 0.25) is 0 Å². The van der Waals surface area contributed by atoms with E-state index in [9.17, 15) is 4.79 Å². The van der Waals surface area contributed by atoms with E-state index in [2.05, 4.69) is 52.1 Å². The minimum atomic E-state index is -0.0458. The topological polar surface area (TPSA) is 51.1 Å². The molecule has 34 heavy (non-hydrogen) atoms. The molecule has 0 aromatic heterocycles. The second kappa shape index (κ2) is 10.9. The van der Waals surface area contributed by atoms with Gasteiger partial charge in [0.05, 0.1) is 22.2 Å². The van der Waals surface area contributed by atoms with Crippen LogP contribution >= 0.6 is 27.7 Å². The lowest BCUT2D eigenvalue weighted by Gasteiger charge is -2.12. The number of halogens is 1. The highest BCUT2D eigenvalue weighted by Crippen LogP contribution is 2.35. The summed E-state index contributed by atoms with van der Waals surface area (Å²) in [6.45, 7) is 5.05.